The van der Waals surface area contributed by atoms with Crippen LogP contribution in [0.1, 0.15) is 19.3 Å². The third kappa shape index (κ3) is 4.08. The van der Waals surface area contributed by atoms with Crippen LogP contribution in [0, 0.1) is 11.6 Å². The first-order chi connectivity index (χ1) is 7.25. The molecule has 0 saturated heterocycles. The summed E-state index contributed by atoms with van der Waals surface area (Å²) in [5, 5.41) is 0. The lowest BCUT2D eigenvalue weighted by molar-refractivity contribution is 0.276. The minimum Gasteiger partial charge on any atom is -0.488 e. The maximum Gasteiger partial charge on any atom is 0.190 e. The van der Waals surface area contributed by atoms with Crippen molar-refractivity contribution in [3.8, 4) is 5.75 Å². The van der Waals surface area contributed by atoms with Crippen molar-refractivity contribution in [1.82, 2.24) is 0 Å². The Balaban J connectivity index is 2.37. The van der Waals surface area contributed by atoms with Gasteiger partial charge in [0.15, 0.2) is 17.4 Å². The molecule has 0 bridgehead atoms. The Morgan fingerprint density at radius 1 is 1.07 bits per heavy atom. The lowest BCUT2D eigenvalue weighted by Crippen LogP contribution is -2.01. The number of thiol groups is 1. The van der Waals surface area contributed by atoms with Gasteiger partial charge in [-0.2, -0.15) is 12.6 Å². The average Bonchev–Trinajstić information content (AvgIpc) is 2.21. The summed E-state index contributed by atoms with van der Waals surface area (Å²) in [6.45, 7) is 0.339. The third-order valence-corrected chi connectivity index (χ3v) is 2.28. The average molecular weight is 232 g/mol. The van der Waals surface area contributed by atoms with Gasteiger partial charge in [-0.1, -0.05) is 6.07 Å². The van der Waals surface area contributed by atoms with Crippen molar-refractivity contribution in [3.05, 3.63) is 29.8 Å². The van der Waals surface area contributed by atoms with E-state index in [0.29, 0.717) is 6.61 Å². The molecule has 0 spiro atoms. The monoisotopic (exact) mass is 232 g/mol. The second kappa shape index (κ2) is 6.67. The fourth-order valence-electron chi connectivity index (χ4n) is 1.19. The van der Waals surface area contributed by atoms with Gasteiger partial charge in [0.1, 0.15) is 0 Å². The van der Waals surface area contributed by atoms with E-state index in [0.717, 1.165) is 25.0 Å². The van der Waals surface area contributed by atoms with E-state index in [2.05, 4.69) is 12.6 Å². The molecule has 1 rings (SSSR count). The Labute approximate surface area is 93.9 Å². The van der Waals surface area contributed by atoms with Gasteiger partial charge in [-0.15, -0.1) is 0 Å². The predicted octanol–water partition coefficient (Wildman–Crippen LogP) is 3.44. The lowest BCUT2D eigenvalue weighted by Gasteiger charge is -2.07. The fraction of sp³-hybridized carbons (Fsp3) is 0.455. The number of ether oxygens (including phenoxy) is 1. The molecule has 0 aliphatic carbocycles. The Morgan fingerprint density at radius 3 is 2.33 bits per heavy atom. The maximum atomic E-state index is 13.0. The first-order valence-corrected chi connectivity index (χ1v) is 5.56. The zero-order chi connectivity index (χ0) is 11.1. The van der Waals surface area contributed by atoms with E-state index in [1.807, 2.05) is 0 Å². The van der Waals surface area contributed by atoms with Crippen LogP contribution in [-0.4, -0.2) is 12.4 Å². The standard InChI is InChI=1S/C11H14F2OS/c12-9-5-4-6-10(13)11(9)14-7-2-1-3-8-15/h4-6,15H,1-3,7-8H2. The molecule has 15 heavy (non-hydrogen) atoms. The first-order valence-electron chi connectivity index (χ1n) is 4.93. The first kappa shape index (κ1) is 12.3. The molecule has 0 aliphatic rings. The smallest absolute Gasteiger partial charge is 0.190 e. The van der Waals surface area contributed by atoms with E-state index in [1.54, 1.807) is 0 Å². The molecule has 0 fully saturated rings. The van der Waals surface area contributed by atoms with E-state index in [1.165, 1.54) is 18.2 Å². The Hall–Kier alpha value is -0.770. The van der Waals surface area contributed by atoms with Crippen LogP contribution in [0.3, 0.4) is 0 Å². The van der Waals surface area contributed by atoms with Crippen molar-refractivity contribution in [1.29, 1.82) is 0 Å². The number of para-hydroxylation sites is 1. The molecule has 0 aromatic heterocycles. The Bertz CT molecular complexity index is 284. The highest BCUT2D eigenvalue weighted by Crippen LogP contribution is 2.20. The fourth-order valence-corrected chi connectivity index (χ4v) is 1.41. The molecule has 84 valence electrons. The summed E-state index contributed by atoms with van der Waals surface area (Å²) in [6.07, 6.45) is 2.74. The van der Waals surface area contributed by atoms with Crippen molar-refractivity contribution >= 4 is 12.6 Å². The molecule has 1 aromatic carbocycles. The van der Waals surface area contributed by atoms with Crippen LogP contribution in [0.4, 0.5) is 8.78 Å². The van der Waals surface area contributed by atoms with Crippen LogP contribution >= 0.6 is 12.6 Å². The van der Waals surface area contributed by atoms with Crippen molar-refractivity contribution < 1.29 is 13.5 Å². The van der Waals surface area contributed by atoms with Crippen LogP contribution < -0.4 is 4.74 Å². The van der Waals surface area contributed by atoms with Crippen molar-refractivity contribution in [2.24, 2.45) is 0 Å². The van der Waals surface area contributed by atoms with Crippen LogP contribution in [0.25, 0.3) is 0 Å². The summed E-state index contributed by atoms with van der Waals surface area (Å²) >= 11 is 4.06. The van der Waals surface area contributed by atoms with Gasteiger partial charge in [-0.05, 0) is 37.1 Å². The van der Waals surface area contributed by atoms with Crippen LogP contribution in [0.15, 0.2) is 18.2 Å². The Morgan fingerprint density at radius 2 is 1.73 bits per heavy atom. The van der Waals surface area contributed by atoms with E-state index >= 15 is 0 Å². The van der Waals surface area contributed by atoms with Gasteiger partial charge < -0.3 is 4.74 Å². The summed E-state index contributed by atoms with van der Waals surface area (Å²) in [5.41, 5.74) is 0. The van der Waals surface area contributed by atoms with Gasteiger partial charge >= 0.3 is 0 Å². The highest BCUT2D eigenvalue weighted by molar-refractivity contribution is 7.80. The number of hydrogen-bond donors (Lipinski definition) is 1. The molecule has 4 heteroatoms. The van der Waals surface area contributed by atoms with Gasteiger partial charge in [0.2, 0.25) is 0 Å². The van der Waals surface area contributed by atoms with Crippen LogP contribution in [0.2, 0.25) is 0 Å². The molecule has 1 nitrogen and oxygen atoms in total. The molecular weight excluding hydrogens is 218 g/mol. The van der Waals surface area contributed by atoms with Gasteiger partial charge in [0.25, 0.3) is 0 Å². The number of hydrogen-bond acceptors (Lipinski definition) is 2. The number of rotatable bonds is 6. The highest BCUT2D eigenvalue weighted by atomic mass is 32.1. The topological polar surface area (TPSA) is 9.23 Å². The number of benzene rings is 1. The summed E-state index contributed by atoms with van der Waals surface area (Å²) < 4.78 is 31.1. The quantitative estimate of drug-likeness (QED) is 0.584. The zero-order valence-electron chi connectivity index (χ0n) is 8.38. The summed E-state index contributed by atoms with van der Waals surface area (Å²) in [5.74, 6) is -0.745. The van der Waals surface area contributed by atoms with Crippen molar-refractivity contribution in [2.45, 2.75) is 19.3 Å². The predicted molar refractivity (Wildman–Crippen MR) is 59.6 cm³/mol. The molecule has 0 aliphatic heterocycles. The minimum atomic E-state index is -0.649. The van der Waals surface area contributed by atoms with Crippen LogP contribution in [0.5, 0.6) is 5.75 Å². The van der Waals surface area contributed by atoms with Crippen molar-refractivity contribution in [2.75, 3.05) is 12.4 Å². The summed E-state index contributed by atoms with van der Waals surface area (Å²) in [4.78, 5) is 0. The molecule has 1 aromatic rings. The lowest BCUT2D eigenvalue weighted by atomic mass is 10.2. The second-order valence-corrected chi connectivity index (χ2v) is 3.63. The molecule has 0 unspecified atom stereocenters. The zero-order valence-corrected chi connectivity index (χ0v) is 9.27. The second-order valence-electron chi connectivity index (χ2n) is 3.18. The van der Waals surface area contributed by atoms with Gasteiger partial charge in [0.05, 0.1) is 6.61 Å². The largest absolute Gasteiger partial charge is 0.488 e. The molecule has 0 saturated carbocycles. The van der Waals surface area contributed by atoms with Crippen LogP contribution in [-0.2, 0) is 0 Å². The van der Waals surface area contributed by atoms with Gasteiger partial charge in [-0.25, -0.2) is 8.78 Å². The number of unbranched alkanes of at least 4 members (excludes halogenated alkanes) is 2. The van der Waals surface area contributed by atoms with E-state index in [-0.39, 0.29) is 5.75 Å². The SMILES string of the molecule is Fc1cccc(F)c1OCCCCCS. The summed E-state index contributed by atoms with van der Waals surface area (Å²) in [7, 11) is 0. The minimum absolute atomic E-state index is 0.275. The van der Waals surface area contributed by atoms with Crippen molar-refractivity contribution in [3.63, 3.8) is 0 Å². The van der Waals surface area contributed by atoms with E-state index in [9.17, 15) is 8.78 Å². The van der Waals surface area contributed by atoms with Gasteiger partial charge in [-0.3, -0.25) is 0 Å². The third-order valence-electron chi connectivity index (χ3n) is 1.97. The summed E-state index contributed by atoms with van der Waals surface area (Å²) in [6, 6.07) is 3.69. The highest BCUT2D eigenvalue weighted by Gasteiger charge is 2.08. The Kier molecular flexibility index (Phi) is 5.47. The van der Waals surface area contributed by atoms with E-state index in [4.69, 9.17) is 4.74 Å². The molecular formula is C11H14F2OS. The molecule has 0 atom stereocenters. The molecule has 0 radical (unpaired) electrons. The molecule has 0 heterocycles. The molecule has 0 N–H and O–H groups in total. The maximum absolute atomic E-state index is 13.0. The normalized spacial score (nSPS) is 10.3. The molecule has 0 amide bonds. The van der Waals surface area contributed by atoms with Gasteiger partial charge in [0, 0.05) is 0 Å². The van der Waals surface area contributed by atoms with E-state index < -0.39 is 11.6 Å². The number of halogens is 2.